The molecule has 2 heterocycles. The summed E-state index contributed by atoms with van der Waals surface area (Å²) in [4.78, 5) is 0.878. The topological polar surface area (TPSA) is 38.7 Å². The fourth-order valence-electron chi connectivity index (χ4n) is 1.94. The number of benzene rings is 1. The van der Waals surface area contributed by atoms with Crippen LogP contribution in [-0.2, 0) is 0 Å². The summed E-state index contributed by atoms with van der Waals surface area (Å²) in [5, 5.41) is 12.4. The molecule has 1 aliphatic rings. The number of hydrogen-bond donors (Lipinski definition) is 1. The van der Waals surface area contributed by atoms with E-state index in [1.807, 2.05) is 23.6 Å². The molecule has 2 aromatic rings. The van der Waals surface area contributed by atoms with Crippen molar-refractivity contribution in [1.29, 1.82) is 0 Å². The summed E-state index contributed by atoms with van der Waals surface area (Å²) >= 11 is 8.41. The molecule has 1 aromatic heterocycles. The van der Waals surface area contributed by atoms with Crippen LogP contribution in [0, 0.1) is 0 Å². The predicted molar refractivity (Wildman–Crippen MR) is 81.2 cm³/mol. The minimum absolute atomic E-state index is 0.529. The lowest BCUT2D eigenvalue weighted by atomic mass is 10.1. The lowest BCUT2D eigenvalue weighted by Gasteiger charge is -2.21. The highest BCUT2D eigenvalue weighted by molar-refractivity contribution is 9.10. The van der Waals surface area contributed by atoms with Crippen molar-refractivity contribution in [1.82, 2.24) is 0 Å². The van der Waals surface area contributed by atoms with Crippen LogP contribution in [0.15, 0.2) is 32.5 Å². The number of hydrogen-bond acceptors (Lipinski definition) is 4. The van der Waals surface area contributed by atoms with Gasteiger partial charge in [0, 0.05) is 4.47 Å². The van der Waals surface area contributed by atoms with Crippen LogP contribution in [0.4, 0.5) is 0 Å². The van der Waals surface area contributed by atoms with Crippen molar-refractivity contribution < 1.29 is 14.6 Å². The van der Waals surface area contributed by atoms with Gasteiger partial charge in [0.25, 0.3) is 0 Å². The summed E-state index contributed by atoms with van der Waals surface area (Å²) < 4.78 is 12.8. The second-order valence-electron chi connectivity index (χ2n) is 4.06. The van der Waals surface area contributed by atoms with Gasteiger partial charge in [0.15, 0.2) is 11.5 Å². The van der Waals surface area contributed by atoms with Crippen molar-refractivity contribution >= 4 is 43.2 Å². The third-order valence-electron chi connectivity index (χ3n) is 2.83. The standard InChI is InChI=1S/C13H10Br2O3S/c14-8-1-4-19-13(8)11(16)7-5-9(15)12-10(6-7)17-2-3-18-12/h1,4-6,11,16H,2-3H2. The summed E-state index contributed by atoms with van der Waals surface area (Å²) in [5.74, 6) is 1.37. The number of fused-ring (bicyclic) bond motifs is 1. The molecule has 0 saturated heterocycles. The Hall–Kier alpha value is -0.560. The normalized spacial score (nSPS) is 15.3. The van der Waals surface area contributed by atoms with Gasteiger partial charge in [-0.05, 0) is 61.0 Å². The van der Waals surface area contributed by atoms with Gasteiger partial charge < -0.3 is 14.6 Å². The van der Waals surface area contributed by atoms with Crippen molar-refractivity contribution in [3.05, 3.63) is 43.0 Å². The molecule has 1 aliphatic heterocycles. The first-order valence-electron chi connectivity index (χ1n) is 5.67. The molecule has 0 bridgehead atoms. The summed E-state index contributed by atoms with van der Waals surface area (Å²) in [5.41, 5.74) is 0.777. The highest BCUT2D eigenvalue weighted by Gasteiger charge is 2.21. The molecule has 0 aliphatic carbocycles. The Bertz CT molecular complexity index is 612. The Kier molecular flexibility index (Phi) is 3.84. The zero-order valence-corrected chi connectivity index (χ0v) is 13.7. The highest BCUT2D eigenvalue weighted by atomic mass is 79.9. The number of ether oxygens (including phenoxy) is 2. The molecule has 3 nitrogen and oxygen atoms in total. The van der Waals surface area contributed by atoms with Crippen LogP contribution in [0.25, 0.3) is 0 Å². The molecule has 0 radical (unpaired) electrons. The van der Waals surface area contributed by atoms with Crippen molar-refractivity contribution in [3.63, 3.8) is 0 Å². The summed E-state index contributed by atoms with van der Waals surface area (Å²) in [6, 6.07) is 5.62. The zero-order valence-electron chi connectivity index (χ0n) is 9.73. The van der Waals surface area contributed by atoms with Gasteiger partial charge in [-0.15, -0.1) is 11.3 Å². The molecule has 19 heavy (non-hydrogen) atoms. The number of thiophene rings is 1. The fraction of sp³-hybridized carbons (Fsp3) is 0.231. The van der Waals surface area contributed by atoms with Crippen LogP contribution >= 0.6 is 43.2 Å². The predicted octanol–water partition coefficient (Wildman–Crippen LogP) is 4.13. The maximum atomic E-state index is 10.5. The van der Waals surface area contributed by atoms with E-state index in [9.17, 15) is 5.11 Å². The average molecular weight is 406 g/mol. The maximum Gasteiger partial charge on any atom is 0.175 e. The van der Waals surface area contributed by atoms with E-state index >= 15 is 0 Å². The summed E-state index contributed by atoms with van der Waals surface area (Å²) in [6.07, 6.45) is -0.679. The van der Waals surface area contributed by atoms with Gasteiger partial charge in [0.2, 0.25) is 0 Å². The molecule has 1 N–H and O–H groups in total. The maximum absolute atomic E-state index is 10.5. The molecule has 0 amide bonds. The van der Waals surface area contributed by atoms with Gasteiger partial charge in [0.1, 0.15) is 19.3 Å². The zero-order chi connectivity index (χ0) is 13.4. The first-order chi connectivity index (χ1) is 9.16. The van der Waals surface area contributed by atoms with Gasteiger partial charge in [-0.3, -0.25) is 0 Å². The molecule has 0 fully saturated rings. The highest BCUT2D eigenvalue weighted by Crippen LogP contribution is 2.42. The Balaban J connectivity index is 2.02. The van der Waals surface area contributed by atoms with Gasteiger partial charge in [-0.1, -0.05) is 0 Å². The number of rotatable bonds is 2. The third-order valence-corrected chi connectivity index (χ3v) is 5.34. The lowest BCUT2D eigenvalue weighted by Crippen LogP contribution is -2.16. The van der Waals surface area contributed by atoms with Crippen LogP contribution in [-0.4, -0.2) is 18.3 Å². The molecular formula is C13H10Br2O3S. The molecule has 0 spiro atoms. The van der Waals surface area contributed by atoms with Crippen molar-refractivity contribution in [2.24, 2.45) is 0 Å². The lowest BCUT2D eigenvalue weighted by molar-refractivity contribution is 0.168. The van der Waals surface area contributed by atoms with Crippen LogP contribution in [0.5, 0.6) is 11.5 Å². The number of aliphatic hydroxyl groups is 1. The van der Waals surface area contributed by atoms with Gasteiger partial charge in [-0.25, -0.2) is 0 Å². The number of halogens is 2. The van der Waals surface area contributed by atoms with E-state index in [4.69, 9.17) is 9.47 Å². The molecule has 1 unspecified atom stereocenters. The second-order valence-corrected chi connectivity index (χ2v) is 6.72. The molecule has 1 aromatic carbocycles. The van der Waals surface area contributed by atoms with Crippen LogP contribution in [0.2, 0.25) is 0 Å². The van der Waals surface area contributed by atoms with Gasteiger partial charge in [-0.2, -0.15) is 0 Å². The van der Waals surface area contributed by atoms with E-state index < -0.39 is 6.10 Å². The van der Waals surface area contributed by atoms with Crippen molar-refractivity contribution in [2.45, 2.75) is 6.10 Å². The smallest absolute Gasteiger partial charge is 0.175 e. The van der Waals surface area contributed by atoms with E-state index in [0.29, 0.717) is 24.7 Å². The quantitative estimate of drug-likeness (QED) is 0.816. The van der Waals surface area contributed by atoms with E-state index in [1.54, 1.807) is 0 Å². The third kappa shape index (κ3) is 2.54. The minimum atomic E-state index is -0.679. The SMILES string of the molecule is OC(c1cc(Br)c2c(c1)OCCO2)c1sccc1Br. The van der Waals surface area contributed by atoms with E-state index in [1.165, 1.54) is 11.3 Å². The molecule has 0 saturated carbocycles. The largest absolute Gasteiger partial charge is 0.486 e. The van der Waals surface area contributed by atoms with Crippen molar-refractivity contribution in [3.8, 4) is 11.5 Å². The first-order valence-corrected chi connectivity index (χ1v) is 8.13. The fourth-order valence-corrected chi connectivity index (χ4v) is 4.12. The molecule has 3 rings (SSSR count). The Morgan fingerprint density at radius 2 is 1.95 bits per heavy atom. The first kappa shape index (κ1) is 13.4. The van der Waals surface area contributed by atoms with Crippen LogP contribution < -0.4 is 9.47 Å². The number of aliphatic hydroxyl groups excluding tert-OH is 1. The Morgan fingerprint density at radius 3 is 2.68 bits per heavy atom. The molecular weight excluding hydrogens is 396 g/mol. The monoisotopic (exact) mass is 404 g/mol. The molecule has 1 atom stereocenters. The van der Waals surface area contributed by atoms with E-state index in [-0.39, 0.29) is 0 Å². The summed E-state index contributed by atoms with van der Waals surface area (Å²) in [7, 11) is 0. The van der Waals surface area contributed by atoms with E-state index in [0.717, 1.165) is 19.4 Å². The van der Waals surface area contributed by atoms with Gasteiger partial charge >= 0.3 is 0 Å². The Labute approximate surface area is 131 Å². The Morgan fingerprint density at radius 1 is 1.16 bits per heavy atom. The molecule has 6 heteroatoms. The molecule has 100 valence electrons. The van der Waals surface area contributed by atoms with Crippen LogP contribution in [0.1, 0.15) is 16.5 Å². The van der Waals surface area contributed by atoms with Crippen molar-refractivity contribution in [2.75, 3.05) is 13.2 Å². The minimum Gasteiger partial charge on any atom is -0.486 e. The summed E-state index contributed by atoms with van der Waals surface area (Å²) in [6.45, 7) is 1.08. The van der Waals surface area contributed by atoms with E-state index in [2.05, 4.69) is 31.9 Å². The average Bonchev–Trinajstić information content (AvgIpc) is 2.84. The van der Waals surface area contributed by atoms with Gasteiger partial charge in [0.05, 0.1) is 9.35 Å². The second kappa shape index (κ2) is 5.44. The van der Waals surface area contributed by atoms with Crippen LogP contribution in [0.3, 0.4) is 0 Å².